The molecule has 3 heterocycles. The van der Waals surface area contributed by atoms with E-state index in [0.29, 0.717) is 17.8 Å². The Morgan fingerprint density at radius 3 is 2.93 bits per heavy atom. The highest BCUT2D eigenvalue weighted by molar-refractivity contribution is 8.00. The van der Waals surface area contributed by atoms with Gasteiger partial charge in [-0.15, -0.1) is 11.8 Å². The number of amides is 1. The van der Waals surface area contributed by atoms with E-state index in [0.717, 1.165) is 30.3 Å². The molecule has 3 aromatic rings. The maximum atomic E-state index is 12.8. The van der Waals surface area contributed by atoms with Crippen LogP contribution >= 0.6 is 23.1 Å². The molecule has 1 aromatic carbocycles. The van der Waals surface area contributed by atoms with Crippen molar-refractivity contribution in [3.05, 3.63) is 66.1 Å². The third-order valence-electron chi connectivity index (χ3n) is 4.78. The molecule has 0 aliphatic carbocycles. The Kier molecular flexibility index (Phi) is 6.31. The van der Waals surface area contributed by atoms with Crippen molar-refractivity contribution in [2.24, 2.45) is 0 Å². The molecule has 0 saturated carbocycles. The number of rotatable bonds is 6. The van der Waals surface area contributed by atoms with Gasteiger partial charge in [0.25, 0.3) is 5.91 Å². The highest BCUT2D eigenvalue weighted by Crippen LogP contribution is 2.31. The summed E-state index contributed by atoms with van der Waals surface area (Å²) in [6.45, 7) is 1.46. The van der Waals surface area contributed by atoms with Crippen molar-refractivity contribution in [3.8, 4) is 0 Å². The Bertz CT molecular complexity index is 945. The van der Waals surface area contributed by atoms with Crippen LogP contribution in [0, 0.1) is 0 Å². The number of hydrogen-bond acceptors (Lipinski definition) is 7. The van der Waals surface area contributed by atoms with E-state index in [1.165, 1.54) is 9.77 Å². The second-order valence-corrected chi connectivity index (χ2v) is 9.30. The van der Waals surface area contributed by atoms with Gasteiger partial charge in [0.1, 0.15) is 0 Å². The number of nitrogens with two attached hydrogens (primary N) is 1. The molecule has 3 N–H and O–H groups in total. The van der Waals surface area contributed by atoms with E-state index in [2.05, 4.69) is 21.4 Å². The standard InChI is InChI=1S/C21H23N5OS2/c22-17-7-5-16(6-8-17)20(27)26-10-2-4-18(13-26)25-21-24-12-19(29-21)28-14-15-3-1-9-23-11-15/h1,3,5-9,11-12,18H,2,4,10,13-14,22H2,(H,24,25). The van der Waals surface area contributed by atoms with Crippen LogP contribution in [0.2, 0.25) is 0 Å². The first-order chi connectivity index (χ1) is 14.2. The molecule has 150 valence electrons. The Labute approximate surface area is 178 Å². The van der Waals surface area contributed by atoms with Gasteiger partial charge >= 0.3 is 0 Å². The van der Waals surface area contributed by atoms with Crippen molar-refractivity contribution in [3.63, 3.8) is 0 Å². The number of nitrogens with one attached hydrogen (secondary N) is 1. The lowest BCUT2D eigenvalue weighted by molar-refractivity contribution is 0.0715. The number of benzene rings is 1. The van der Waals surface area contributed by atoms with Gasteiger partial charge in [-0.1, -0.05) is 17.4 Å². The van der Waals surface area contributed by atoms with E-state index in [1.807, 2.05) is 23.4 Å². The number of pyridine rings is 1. The van der Waals surface area contributed by atoms with Crippen LogP contribution in [0.15, 0.2) is 59.2 Å². The van der Waals surface area contributed by atoms with Gasteiger partial charge < -0.3 is 16.0 Å². The van der Waals surface area contributed by atoms with Crippen LogP contribution in [-0.4, -0.2) is 39.9 Å². The quantitative estimate of drug-likeness (QED) is 0.456. The summed E-state index contributed by atoms with van der Waals surface area (Å²) < 4.78 is 1.17. The van der Waals surface area contributed by atoms with E-state index in [1.54, 1.807) is 53.6 Å². The zero-order valence-electron chi connectivity index (χ0n) is 16.0. The molecule has 29 heavy (non-hydrogen) atoms. The predicted molar refractivity (Wildman–Crippen MR) is 119 cm³/mol. The molecule has 1 saturated heterocycles. The van der Waals surface area contributed by atoms with Gasteiger partial charge in [-0.3, -0.25) is 9.78 Å². The van der Waals surface area contributed by atoms with Gasteiger partial charge in [0.2, 0.25) is 0 Å². The summed E-state index contributed by atoms with van der Waals surface area (Å²) in [5, 5.41) is 4.42. The van der Waals surface area contributed by atoms with E-state index in [4.69, 9.17) is 5.73 Å². The van der Waals surface area contributed by atoms with E-state index in [-0.39, 0.29) is 11.9 Å². The minimum absolute atomic E-state index is 0.0587. The first-order valence-corrected chi connectivity index (χ1v) is 11.4. The molecule has 2 aromatic heterocycles. The number of likely N-dealkylation sites (tertiary alicyclic amines) is 1. The summed E-state index contributed by atoms with van der Waals surface area (Å²) in [7, 11) is 0. The van der Waals surface area contributed by atoms with Gasteiger partial charge in [-0.2, -0.15) is 0 Å². The monoisotopic (exact) mass is 425 g/mol. The van der Waals surface area contributed by atoms with Crippen molar-refractivity contribution in [1.29, 1.82) is 0 Å². The van der Waals surface area contributed by atoms with Crippen LogP contribution in [0.3, 0.4) is 0 Å². The molecule has 1 unspecified atom stereocenters. The summed E-state index contributed by atoms with van der Waals surface area (Å²) in [6.07, 6.45) is 7.60. The van der Waals surface area contributed by atoms with Gasteiger partial charge in [-0.25, -0.2) is 4.98 Å². The van der Waals surface area contributed by atoms with E-state index in [9.17, 15) is 4.79 Å². The first-order valence-electron chi connectivity index (χ1n) is 9.56. The summed E-state index contributed by atoms with van der Waals surface area (Å²) in [5.41, 5.74) is 8.27. The molecule has 1 amide bonds. The van der Waals surface area contributed by atoms with E-state index >= 15 is 0 Å². The third kappa shape index (κ3) is 5.27. The zero-order chi connectivity index (χ0) is 20.1. The normalized spacial score (nSPS) is 16.6. The summed E-state index contributed by atoms with van der Waals surface area (Å²) in [5.74, 6) is 0.936. The van der Waals surface area contributed by atoms with Crippen molar-refractivity contribution in [2.45, 2.75) is 28.8 Å². The molecule has 4 rings (SSSR count). The fourth-order valence-corrected chi connectivity index (χ4v) is 5.18. The SMILES string of the molecule is Nc1ccc(C(=O)N2CCCC(Nc3ncc(SCc4cccnc4)s3)C2)cc1. The number of thiazole rings is 1. The number of hydrogen-bond donors (Lipinski definition) is 2. The number of nitrogen functional groups attached to an aromatic ring is 1. The van der Waals surface area contributed by atoms with Crippen LogP contribution in [0.5, 0.6) is 0 Å². The Morgan fingerprint density at radius 1 is 1.28 bits per heavy atom. The van der Waals surface area contributed by atoms with Crippen LogP contribution < -0.4 is 11.1 Å². The topological polar surface area (TPSA) is 84.1 Å². The molecule has 1 fully saturated rings. The van der Waals surface area contributed by atoms with Crippen LogP contribution in [0.1, 0.15) is 28.8 Å². The molecular formula is C21H23N5OS2. The Balaban J connectivity index is 1.32. The Hall–Kier alpha value is -2.58. The molecule has 8 heteroatoms. The van der Waals surface area contributed by atoms with Gasteiger partial charge in [0, 0.05) is 48.5 Å². The second kappa shape index (κ2) is 9.28. The zero-order valence-corrected chi connectivity index (χ0v) is 17.6. The van der Waals surface area contributed by atoms with Crippen molar-refractivity contribution >= 4 is 39.8 Å². The number of anilines is 2. The van der Waals surface area contributed by atoms with Crippen molar-refractivity contribution in [1.82, 2.24) is 14.9 Å². The highest BCUT2D eigenvalue weighted by atomic mass is 32.2. The van der Waals surface area contributed by atoms with Gasteiger partial charge in [0.15, 0.2) is 5.13 Å². The highest BCUT2D eigenvalue weighted by Gasteiger charge is 2.25. The van der Waals surface area contributed by atoms with Crippen LogP contribution in [0.25, 0.3) is 0 Å². The maximum Gasteiger partial charge on any atom is 0.253 e. The number of piperidine rings is 1. The number of carbonyl (C=O) groups is 1. The molecule has 0 radical (unpaired) electrons. The lowest BCUT2D eigenvalue weighted by atomic mass is 10.0. The minimum Gasteiger partial charge on any atom is -0.399 e. The largest absolute Gasteiger partial charge is 0.399 e. The maximum absolute atomic E-state index is 12.8. The van der Waals surface area contributed by atoms with Crippen LogP contribution in [0.4, 0.5) is 10.8 Å². The predicted octanol–water partition coefficient (Wildman–Crippen LogP) is 4.13. The molecular weight excluding hydrogens is 402 g/mol. The van der Waals surface area contributed by atoms with Crippen molar-refractivity contribution in [2.75, 3.05) is 24.1 Å². The number of carbonyl (C=O) groups excluding carboxylic acids is 1. The fraction of sp³-hybridized carbons (Fsp3) is 0.286. The summed E-state index contributed by atoms with van der Waals surface area (Å²) in [6, 6.07) is 11.4. The fourth-order valence-electron chi connectivity index (χ4n) is 3.29. The smallest absolute Gasteiger partial charge is 0.253 e. The molecule has 0 bridgehead atoms. The van der Waals surface area contributed by atoms with Gasteiger partial charge in [0.05, 0.1) is 10.4 Å². The van der Waals surface area contributed by atoms with Crippen LogP contribution in [-0.2, 0) is 5.75 Å². The number of thioether (sulfide) groups is 1. The average molecular weight is 426 g/mol. The average Bonchev–Trinajstić information content (AvgIpc) is 3.20. The molecule has 6 nitrogen and oxygen atoms in total. The molecule has 1 aliphatic heterocycles. The molecule has 0 spiro atoms. The lowest BCUT2D eigenvalue weighted by Gasteiger charge is -2.33. The van der Waals surface area contributed by atoms with Crippen molar-refractivity contribution < 1.29 is 4.79 Å². The molecule has 1 aliphatic rings. The minimum atomic E-state index is 0.0587. The second-order valence-electron chi connectivity index (χ2n) is 6.99. The molecule has 1 atom stereocenters. The lowest BCUT2D eigenvalue weighted by Crippen LogP contribution is -2.45. The first kappa shape index (κ1) is 19.7. The third-order valence-corrected chi connectivity index (χ3v) is 6.98. The van der Waals surface area contributed by atoms with Gasteiger partial charge in [-0.05, 0) is 48.7 Å². The number of aromatic nitrogens is 2. The summed E-state index contributed by atoms with van der Waals surface area (Å²) >= 11 is 3.42. The summed E-state index contributed by atoms with van der Waals surface area (Å²) in [4.78, 5) is 23.3. The number of nitrogens with zero attached hydrogens (tertiary/aromatic N) is 3. The Morgan fingerprint density at radius 2 is 2.14 bits per heavy atom. The van der Waals surface area contributed by atoms with E-state index < -0.39 is 0 Å².